The highest BCUT2D eigenvalue weighted by atomic mass is 16.5. The van der Waals surface area contributed by atoms with Crippen LogP contribution in [0.1, 0.15) is 22.3 Å². The first-order chi connectivity index (χ1) is 9.51. The average Bonchev–Trinajstić information content (AvgIpc) is 3.04. The van der Waals surface area contributed by atoms with Crippen LogP contribution in [0.4, 0.5) is 5.69 Å². The molecule has 2 heterocycles. The van der Waals surface area contributed by atoms with E-state index < -0.39 is 11.5 Å². The highest BCUT2D eigenvalue weighted by molar-refractivity contribution is 6.02. The highest BCUT2D eigenvalue weighted by Crippen LogP contribution is 2.32. The largest absolute Gasteiger partial charge is 0.478 e. The third-order valence-corrected chi connectivity index (χ3v) is 3.95. The standard InChI is InChI=1S/C14H16N2O4/c15-14(4-6-20-8-14)13(19)16-5-3-9-7-10(12(17)18)1-2-11(9)16/h1-2,7H,3-6,8,15H2,(H,17,18). The number of carboxylic acid groups (broad SMARTS) is 1. The molecule has 1 saturated heterocycles. The number of rotatable bonds is 2. The van der Waals surface area contributed by atoms with E-state index in [9.17, 15) is 9.59 Å². The summed E-state index contributed by atoms with van der Waals surface area (Å²) in [6.45, 7) is 1.28. The quantitative estimate of drug-likeness (QED) is 0.815. The fourth-order valence-electron chi connectivity index (χ4n) is 2.76. The van der Waals surface area contributed by atoms with Crippen LogP contribution < -0.4 is 10.6 Å². The molecule has 20 heavy (non-hydrogen) atoms. The zero-order valence-corrected chi connectivity index (χ0v) is 11.0. The molecule has 0 radical (unpaired) electrons. The lowest BCUT2D eigenvalue weighted by molar-refractivity contribution is -0.123. The summed E-state index contributed by atoms with van der Waals surface area (Å²) in [7, 11) is 0. The van der Waals surface area contributed by atoms with Crippen LogP contribution in [-0.4, -0.2) is 42.3 Å². The average molecular weight is 276 g/mol. The molecular formula is C14H16N2O4. The molecule has 1 amide bonds. The van der Waals surface area contributed by atoms with Crippen LogP contribution in [-0.2, 0) is 16.0 Å². The van der Waals surface area contributed by atoms with Gasteiger partial charge in [-0.2, -0.15) is 0 Å². The van der Waals surface area contributed by atoms with Crippen LogP contribution in [0.25, 0.3) is 0 Å². The van der Waals surface area contributed by atoms with Gasteiger partial charge in [0.2, 0.25) is 5.91 Å². The van der Waals surface area contributed by atoms with Gasteiger partial charge in [-0.15, -0.1) is 0 Å². The van der Waals surface area contributed by atoms with E-state index in [1.165, 1.54) is 6.07 Å². The number of carbonyl (C=O) groups excluding carboxylic acids is 1. The predicted molar refractivity (Wildman–Crippen MR) is 71.8 cm³/mol. The van der Waals surface area contributed by atoms with E-state index in [1.807, 2.05) is 0 Å². The van der Waals surface area contributed by atoms with E-state index in [0.717, 1.165) is 11.3 Å². The Labute approximate surface area is 116 Å². The number of anilines is 1. The Morgan fingerprint density at radius 2 is 2.20 bits per heavy atom. The van der Waals surface area contributed by atoms with Crippen LogP contribution in [0.3, 0.4) is 0 Å². The minimum atomic E-state index is -0.961. The molecule has 1 unspecified atom stereocenters. The van der Waals surface area contributed by atoms with Crippen LogP contribution in [0.2, 0.25) is 0 Å². The van der Waals surface area contributed by atoms with Crippen molar-refractivity contribution in [2.24, 2.45) is 5.73 Å². The Balaban J connectivity index is 1.89. The molecule has 3 N–H and O–H groups in total. The zero-order chi connectivity index (χ0) is 14.3. The van der Waals surface area contributed by atoms with E-state index in [4.69, 9.17) is 15.6 Å². The van der Waals surface area contributed by atoms with Crippen molar-refractivity contribution in [1.82, 2.24) is 0 Å². The van der Waals surface area contributed by atoms with Gasteiger partial charge in [-0.05, 0) is 36.6 Å². The minimum Gasteiger partial charge on any atom is -0.478 e. The molecule has 3 rings (SSSR count). The Bertz CT molecular complexity index is 579. The third-order valence-electron chi connectivity index (χ3n) is 3.95. The van der Waals surface area contributed by atoms with Crippen molar-refractivity contribution in [3.63, 3.8) is 0 Å². The fraction of sp³-hybridized carbons (Fsp3) is 0.429. The molecule has 0 aromatic heterocycles. The molecule has 6 nitrogen and oxygen atoms in total. The molecule has 2 aliphatic rings. The van der Waals surface area contributed by atoms with Gasteiger partial charge in [-0.25, -0.2) is 4.79 Å². The van der Waals surface area contributed by atoms with Crippen LogP contribution in [0.5, 0.6) is 0 Å². The Kier molecular flexibility index (Phi) is 2.99. The number of fused-ring (bicyclic) bond motifs is 1. The Morgan fingerprint density at radius 3 is 2.85 bits per heavy atom. The number of hydrogen-bond acceptors (Lipinski definition) is 4. The first-order valence-electron chi connectivity index (χ1n) is 6.56. The van der Waals surface area contributed by atoms with Gasteiger partial charge >= 0.3 is 5.97 Å². The van der Waals surface area contributed by atoms with Crippen molar-refractivity contribution in [3.05, 3.63) is 29.3 Å². The van der Waals surface area contributed by atoms with Gasteiger partial charge in [0.15, 0.2) is 0 Å². The molecule has 0 saturated carbocycles. The maximum Gasteiger partial charge on any atom is 0.335 e. The first-order valence-corrected chi connectivity index (χ1v) is 6.56. The van der Waals surface area contributed by atoms with E-state index in [0.29, 0.717) is 26.0 Å². The van der Waals surface area contributed by atoms with Gasteiger partial charge in [0.1, 0.15) is 5.54 Å². The molecule has 6 heteroatoms. The van der Waals surface area contributed by atoms with E-state index >= 15 is 0 Å². The molecular weight excluding hydrogens is 260 g/mol. The second-order valence-electron chi connectivity index (χ2n) is 5.31. The second-order valence-corrected chi connectivity index (χ2v) is 5.31. The topological polar surface area (TPSA) is 92.9 Å². The summed E-state index contributed by atoms with van der Waals surface area (Å²) >= 11 is 0. The normalized spacial score (nSPS) is 24.8. The molecule has 1 atom stereocenters. The highest BCUT2D eigenvalue weighted by Gasteiger charge is 2.43. The molecule has 1 fully saturated rings. The summed E-state index contributed by atoms with van der Waals surface area (Å²) in [5.74, 6) is -1.10. The number of aromatic carboxylic acids is 1. The summed E-state index contributed by atoms with van der Waals surface area (Å²) in [5.41, 5.74) is 7.03. The summed E-state index contributed by atoms with van der Waals surface area (Å²) in [6, 6.07) is 4.82. The summed E-state index contributed by atoms with van der Waals surface area (Å²) in [6.07, 6.45) is 1.17. The first kappa shape index (κ1) is 13.1. The minimum absolute atomic E-state index is 0.142. The number of amides is 1. The van der Waals surface area contributed by atoms with Crippen molar-refractivity contribution in [3.8, 4) is 0 Å². The molecule has 0 bridgehead atoms. The number of ether oxygens (including phenoxy) is 1. The van der Waals surface area contributed by atoms with Crippen molar-refractivity contribution in [2.75, 3.05) is 24.7 Å². The second kappa shape index (κ2) is 4.57. The van der Waals surface area contributed by atoms with Gasteiger partial charge < -0.3 is 20.5 Å². The number of nitrogens with zero attached hydrogens (tertiary/aromatic N) is 1. The van der Waals surface area contributed by atoms with Gasteiger partial charge in [-0.3, -0.25) is 4.79 Å². The number of carbonyl (C=O) groups is 2. The SMILES string of the molecule is NC1(C(=O)N2CCc3cc(C(=O)O)ccc32)CCOC1. The fourth-order valence-corrected chi connectivity index (χ4v) is 2.76. The summed E-state index contributed by atoms with van der Waals surface area (Å²) < 4.78 is 5.23. The van der Waals surface area contributed by atoms with E-state index in [1.54, 1.807) is 17.0 Å². The lowest BCUT2D eigenvalue weighted by Crippen LogP contribution is -2.55. The van der Waals surface area contributed by atoms with Gasteiger partial charge in [0.25, 0.3) is 0 Å². The lowest BCUT2D eigenvalue weighted by atomic mass is 9.98. The molecule has 106 valence electrons. The predicted octanol–water partition coefficient (Wildman–Crippen LogP) is 0.392. The maximum absolute atomic E-state index is 12.6. The molecule has 2 aliphatic heterocycles. The van der Waals surface area contributed by atoms with Crippen LogP contribution in [0, 0.1) is 0 Å². The molecule has 0 aliphatic carbocycles. The number of nitrogens with two attached hydrogens (primary N) is 1. The van der Waals surface area contributed by atoms with Gasteiger partial charge in [-0.1, -0.05) is 0 Å². The number of benzene rings is 1. The summed E-state index contributed by atoms with van der Waals surface area (Å²) in [5, 5.41) is 8.99. The van der Waals surface area contributed by atoms with Gasteiger partial charge in [0.05, 0.1) is 12.2 Å². The maximum atomic E-state index is 12.6. The number of hydrogen-bond donors (Lipinski definition) is 2. The molecule has 0 spiro atoms. The van der Waals surface area contributed by atoms with E-state index in [-0.39, 0.29) is 18.1 Å². The third kappa shape index (κ3) is 1.97. The summed E-state index contributed by atoms with van der Waals surface area (Å²) in [4.78, 5) is 25.2. The molecule has 1 aromatic carbocycles. The monoisotopic (exact) mass is 276 g/mol. The van der Waals surface area contributed by atoms with Crippen LogP contribution in [0.15, 0.2) is 18.2 Å². The van der Waals surface area contributed by atoms with Crippen LogP contribution >= 0.6 is 0 Å². The lowest BCUT2D eigenvalue weighted by Gasteiger charge is -2.27. The Morgan fingerprint density at radius 1 is 1.40 bits per heavy atom. The Hall–Kier alpha value is -1.92. The van der Waals surface area contributed by atoms with Gasteiger partial charge in [0, 0.05) is 18.8 Å². The smallest absolute Gasteiger partial charge is 0.335 e. The molecule has 1 aromatic rings. The van der Waals surface area contributed by atoms with Crippen molar-refractivity contribution >= 4 is 17.6 Å². The van der Waals surface area contributed by atoms with E-state index in [2.05, 4.69) is 0 Å². The van der Waals surface area contributed by atoms with Crippen molar-refractivity contribution in [1.29, 1.82) is 0 Å². The zero-order valence-electron chi connectivity index (χ0n) is 11.0. The van der Waals surface area contributed by atoms with Crippen molar-refractivity contribution in [2.45, 2.75) is 18.4 Å². The number of carboxylic acids is 1. The van der Waals surface area contributed by atoms with Crippen molar-refractivity contribution < 1.29 is 19.4 Å².